The van der Waals surface area contributed by atoms with Gasteiger partial charge in [0.05, 0.1) is 16.4 Å². The molecule has 0 fully saturated rings. The Bertz CT molecular complexity index is 954. The number of hydrogen-bond acceptors (Lipinski definition) is 4. The van der Waals surface area contributed by atoms with Crippen LogP contribution in [0.1, 0.15) is 21.5 Å². The zero-order chi connectivity index (χ0) is 18.0. The number of ketones is 1. The Morgan fingerprint density at radius 1 is 1.04 bits per heavy atom. The molecule has 0 aromatic heterocycles. The molecule has 0 atom stereocenters. The van der Waals surface area contributed by atoms with E-state index >= 15 is 0 Å². The Hall–Kier alpha value is -2.98. The summed E-state index contributed by atoms with van der Waals surface area (Å²) in [6.45, 7) is 1.89. The van der Waals surface area contributed by atoms with Crippen LogP contribution in [0.15, 0.2) is 60.7 Å². The minimum absolute atomic E-state index is 0.106. The number of benzene rings is 3. The molecule has 0 aliphatic rings. The van der Waals surface area contributed by atoms with Gasteiger partial charge in [0.2, 0.25) is 0 Å². The third-order valence-corrected chi connectivity index (χ3v) is 4.23. The van der Waals surface area contributed by atoms with E-state index in [4.69, 9.17) is 17.3 Å². The van der Waals surface area contributed by atoms with E-state index in [9.17, 15) is 9.90 Å². The largest absolute Gasteiger partial charge is 0.508 e. The summed E-state index contributed by atoms with van der Waals surface area (Å²) in [5.41, 5.74) is 9.58. The maximum Gasteiger partial charge on any atom is 0.194 e. The Kier molecular flexibility index (Phi) is 4.63. The van der Waals surface area contributed by atoms with Gasteiger partial charge in [-0.3, -0.25) is 4.79 Å². The second kappa shape index (κ2) is 6.87. The monoisotopic (exact) mass is 352 g/mol. The number of halogens is 1. The van der Waals surface area contributed by atoms with E-state index in [1.807, 2.05) is 25.1 Å². The predicted octanol–water partition coefficient (Wildman–Crippen LogP) is 4.91. The van der Waals surface area contributed by atoms with Gasteiger partial charge in [0.25, 0.3) is 0 Å². The zero-order valence-corrected chi connectivity index (χ0v) is 14.3. The van der Waals surface area contributed by atoms with Gasteiger partial charge < -0.3 is 16.2 Å². The normalized spacial score (nSPS) is 10.5. The summed E-state index contributed by atoms with van der Waals surface area (Å²) in [7, 11) is 0. The lowest BCUT2D eigenvalue weighted by atomic mass is 9.99. The Morgan fingerprint density at radius 2 is 1.80 bits per heavy atom. The molecule has 0 saturated heterocycles. The van der Waals surface area contributed by atoms with Gasteiger partial charge in [-0.1, -0.05) is 35.9 Å². The molecular weight excluding hydrogens is 336 g/mol. The van der Waals surface area contributed by atoms with Gasteiger partial charge in [0, 0.05) is 22.9 Å². The summed E-state index contributed by atoms with van der Waals surface area (Å²) in [5.74, 6) is -0.0133. The van der Waals surface area contributed by atoms with E-state index in [1.54, 1.807) is 30.3 Å². The molecule has 0 heterocycles. The molecule has 0 saturated carbocycles. The van der Waals surface area contributed by atoms with Crippen LogP contribution in [0.25, 0.3) is 0 Å². The fourth-order valence-electron chi connectivity index (χ4n) is 2.56. The van der Waals surface area contributed by atoms with Crippen molar-refractivity contribution < 1.29 is 9.90 Å². The molecule has 126 valence electrons. The lowest BCUT2D eigenvalue weighted by molar-refractivity contribution is 0.103. The molecule has 0 spiro atoms. The lowest BCUT2D eigenvalue weighted by Gasteiger charge is -2.12. The number of aromatic hydroxyl groups is 1. The van der Waals surface area contributed by atoms with E-state index in [0.29, 0.717) is 33.2 Å². The summed E-state index contributed by atoms with van der Waals surface area (Å²) in [6, 6.07) is 17.1. The molecule has 0 amide bonds. The second-order valence-corrected chi connectivity index (χ2v) is 6.14. The summed E-state index contributed by atoms with van der Waals surface area (Å²) in [5, 5.41) is 13.0. The molecule has 0 unspecified atom stereocenters. The highest BCUT2D eigenvalue weighted by molar-refractivity contribution is 6.35. The van der Waals surface area contributed by atoms with Crippen molar-refractivity contribution in [2.45, 2.75) is 6.92 Å². The first-order valence-electron chi connectivity index (χ1n) is 7.71. The second-order valence-electron chi connectivity index (χ2n) is 5.74. The van der Waals surface area contributed by atoms with Crippen molar-refractivity contribution in [2.75, 3.05) is 11.1 Å². The van der Waals surface area contributed by atoms with Crippen molar-refractivity contribution in [2.24, 2.45) is 0 Å². The number of nitrogens with one attached hydrogen (secondary N) is 1. The van der Waals surface area contributed by atoms with E-state index in [2.05, 4.69) is 5.32 Å². The first-order chi connectivity index (χ1) is 12.0. The molecule has 0 aliphatic carbocycles. The average Bonchev–Trinajstić information content (AvgIpc) is 2.58. The number of rotatable bonds is 4. The van der Waals surface area contributed by atoms with Crippen LogP contribution in [0, 0.1) is 6.92 Å². The number of aryl methyl sites for hydroxylation is 1. The molecule has 3 rings (SSSR count). The highest BCUT2D eigenvalue weighted by atomic mass is 35.5. The van der Waals surface area contributed by atoms with Gasteiger partial charge in [0.1, 0.15) is 5.75 Å². The van der Waals surface area contributed by atoms with Gasteiger partial charge in [-0.05, 0) is 42.8 Å². The molecule has 3 aromatic rings. The molecule has 4 N–H and O–H groups in total. The number of phenolic OH excluding ortho intramolecular Hbond substituents is 1. The molecule has 25 heavy (non-hydrogen) atoms. The first kappa shape index (κ1) is 16.9. The molecule has 0 aliphatic heterocycles. The predicted molar refractivity (Wildman–Crippen MR) is 102 cm³/mol. The number of anilines is 3. The van der Waals surface area contributed by atoms with E-state index in [0.717, 1.165) is 5.56 Å². The highest BCUT2D eigenvalue weighted by Crippen LogP contribution is 2.30. The standard InChI is InChI=1S/C20H17ClN2O2/c1-12-4-2-3-5-15(12)20(25)16-8-6-13(10-17(16)21)23-19-11-14(24)7-9-18(19)22/h2-11,23-24H,22H2,1H3. The Morgan fingerprint density at radius 3 is 2.52 bits per heavy atom. The van der Waals surface area contributed by atoms with Crippen LogP contribution < -0.4 is 11.1 Å². The first-order valence-corrected chi connectivity index (χ1v) is 8.09. The van der Waals surface area contributed by atoms with Crippen LogP contribution in [0.2, 0.25) is 5.02 Å². The summed E-state index contributed by atoms with van der Waals surface area (Å²) in [4.78, 5) is 12.7. The third kappa shape index (κ3) is 3.59. The molecule has 3 aromatic carbocycles. The lowest BCUT2D eigenvalue weighted by Crippen LogP contribution is -2.05. The minimum Gasteiger partial charge on any atom is -0.508 e. The number of hydrogen-bond donors (Lipinski definition) is 3. The van der Waals surface area contributed by atoms with Crippen LogP contribution >= 0.6 is 11.6 Å². The van der Waals surface area contributed by atoms with Crippen molar-refractivity contribution in [3.8, 4) is 5.75 Å². The van der Waals surface area contributed by atoms with Crippen molar-refractivity contribution in [1.29, 1.82) is 0 Å². The van der Waals surface area contributed by atoms with Crippen LogP contribution in [0.3, 0.4) is 0 Å². The van der Waals surface area contributed by atoms with E-state index < -0.39 is 0 Å². The van der Waals surface area contributed by atoms with Crippen molar-refractivity contribution in [3.05, 3.63) is 82.4 Å². The summed E-state index contributed by atoms with van der Waals surface area (Å²) >= 11 is 6.32. The van der Waals surface area contributed by atoms with Crippen LogP contribution in [0.4, 0.5) is 17.1 Å². The van der Waals surface area contributed by atoms with Crippen molar-refractivity contribution in [1.82, 2.24) is 0 Å². The molecular formula is C20H17ClN2O2. The number of nitrogen functional groups attached to an aromatic ring is 1. The number of carbonyl (C=O) groups excluding carboxylic acids is 1. The average molecular weight is 353 g/mol. The number of phenols is 1. The maximum atomic E-state index is 12.7. The number of nitrogens with two attached hydrogens (primary N) is 1. The van der Waals surface area contributed by atoms with Gasteiger partial charge in [-0.25, -0.2) is 0 Å². The summed E-state index contributed by atoms with van der Waals surface area (Å²) < 4.78 is 0. The zero-order valence-electron chi connectivity index (χ0n) is 13.6. The summed E-state index contributed by atoms with van der Waals surface area (Å²) in [6.07, 6.45) is 0. The third-order valence-electron chi connectivity index (χ3n) is 3.92. The molecule has 0 bridgehead atoms. The minimum atomic E-state index is -0.119. The Balaban J connectivity index is 1.90. The smallest absolute Gasteiger partial charge is 0.194 e. The van der Waals surface area contributed by atoms with Crippen LogP contribution in [-0.4, -0.2) is 10.9 Å². The number of carbonyl (C=O) groups is 1. The van der Waals surface area contributed by atoms with Gasteiger partial charge >= 0.3 is 0 Å². The van der Waals surface area contributed by atoms with E-state index in [1.165, 1.54) is 12.1 Å². The van der Waals surface area contributed by atoms with Crippen molar-refractivity contribution in [3.63, 3.8) is 0 Å². The van der Waals surface area contributed by atoms with Crippen LogP contribution in [0.5, 0.6) is 5.75 Å². The van der Waals surface area contributed by atoms with Crippen molar-refractivity contribution >= 4 is 34.4 Å². The van der Waals surface area contributed by atoms with Gasteiger partial charge in [0.15, 0.2) is 5.78 Å². The Labute approximate surface area is 150 Å². The molecule has 0 radical (unpaired) electrons. The van der Waals surface area contributed by atoms with Gasteiger partial charge in [-0.15, -0.1) is 0 Å². The van der Waals surface area contributed by atoms with Crippen LogP contribution in [-0.2, 0) is 0 Å². The quantitative estimate of drug-likeness (QED) is 0.354. The fraction of sp³-hybridized carbons (Fsp3) is 0.0500. The highest BCUT2D eigenvalue weighted by Gasteiger charge is 2.15. The molecule has 4 nitrogen and oxygen atoms in total. The molecule has 5 heteroatoms. The topological polar surface area (TPSA) is 75.3 Å². The fourth-order valence-corrected chi connectivity index (χ4v) is 2.82. The SMILES string of the molecule is Cc1ccccc1C(=O)c1ccc(Nc2cc(O)ccc2N)cc1Cl. The van der Waals surface area contributed by atoms with Gasteiger partial charge in [-0.2, -0.15) is 0 Å². The maximum absolute atomic E-state index is 12.7. The van der Waals surface area contributed by atoms with E-state index in [-0.39, 0.29) is 11.5 Å².